The molecule has 3 nitrogen and oxygen atoms in total. The lowest BCUT2D eigenvalue weighted by atomic mass is 10.1. The summed E-state index contributed by atoms with van der Waals surface area (Å²) in [5.74, 6) is 0. The zero-order valence-electron chi connectivity index (χ0n) is 12.8. The molecule has 0 fully saturated rings. The summed E-state index contributed by atoms with van der Waals surface area (Å²) in [6, 6.07) is 16.1. The second-order valence-corrected chi connectivity index (χ2v) is 5.51. The molecule has 0 saturated heterocycles. The Labute approximate surface area is 126 Å². The highest BCUT2D eigenvalue weighted by atomic mass is 16.2. The number of carbonyl (C=O) groups is 1. The first kappa shape index (κ1) is 15.1. The lowest BCUT2D eigenvalue weighted by molar-refractivity contribution is 0.249. The molecule has 0 aliphatic rings. The van der Waals surface area contributed by atoms with Crippen LogP contribution in [0.4, 0.5) is 10.5 Å². The third kappa shape index (κ3) is 4.63. The first-order valence-electron chi connectivity index (χ1n) is 7.23. The van der Waals surface area contributed by atoms with Gasteiger partial charge in [-0.3, -0.25) is 0 Å². The predicted molar refractivity (Wildman–Crippen MR) is 87.7 cm³/mol. The van der Waals surface area contributed by atoms with Crippen LogP contribution in [0.3, 0.4) is 0 Å². The van der Waals surface area contributed by atoms with Crippen molar-refractivity contribution in [1.82, 2.24) is 5.32 Å². The smallest absolute Gasteiger partial charge is 0.319 e. The molecule has 3 heteroatoms. The highest BCUT2D eigenvalue weighted by molar-refractivity contribution is 5.90. The van der Waals surface area contributed by atoms with Crippen molar-refractivity contribution in [1.29, 1.82) is 0 Å². The van der Waals surface area contributed by atoms with Crippen molar-refractivity contribution in [2.24, 2.45) is 0 Å². The van der Waals surface area contributed by atoms with Crippen LogP contribution in [-0.2, 0) is 6.42 Å². The van der Waals surface area contributed by atoms with Gasteiger partial charge in [0.15, 0.2) is 0 Å². The molecule has 2 amide bonds. The van der Waals surface area contributed by atoms with E-state index >= 15 is 0 Å². The Morgan fingerprint density at radius 3 is 2.48 bits per heavy atom. The first-order valence-corrected chi connectivity index (χ1v) is 7.23. The maximum absolute atomic E-state index is 12.0. The Kier molecular flexibility index (Phi) is 4.99. The number of benzene rings is 2. The molecule has 0 saturated carbocycles. The van der Waals surface area contributed by atoms with Gasteiger partial charge < -0.3 is 10.6 Å². The molecule has 110 valence electrons. The average molecular weight is 282 g/mol. The largest absolute Gasteiger partial charge is 0.335 e. The number of amides is 2. The number of aryl methyl sites for hydroxylation is 2. The SMILES string of the molecule is Cc1ccc(NC(=O)NC(C)Cc2ccccc2)c(C)c1. The van der Waals surface area contributed by atoms with E-state index < -0.39 is 0 Å². The summed E-state index contributed by atoms with van der Waals surface area (Å²) in [6.45, 7) is 6.05. The molecule has 2 aromatic rings. The molecule has 1 atom stereocenters. The molecule has 0 bridgehead atoms. The maximum Gasteiger partial charge on any atom is 0.319 e. The Morgan fingerprint density at radius 1 is 1.10 bits per heavy atom. The third-order valence-electron chi connectivity index (χ3n) is 3.39. The zero-order chi connectivity index (χ0) is 15.2. The molecule has 0 radical (unpaired) electrons. The van der Waals surface area contributed by atoms with Crippen molar-refractivity contribution in [2.45, 2.75) is 33.2 Å². The first-order chi connectivity index (χ1) is 10.0. The van der Waals surface area contributed by atoms with Gasteiger partial charge in [-0.1, -0.05) is 48.0 Å². The highest BCUT2D eigenvalue weighted by Crippen LogP contribution is 2.15. The fourth-order valence-electron chi connectivity index (χ4n) is 2.35. The van der Waals surface area contributed by atoms with Gasteiger partial charge in [0.2, 0.25) is 0 Å². The Balaban J connectivity index is 1.89. The number of rotatable bonds is 4. The molecule has 0 spiro atoms. The highest BCUT2D eigenvalue weighted by Gasteiger charge is 2.09. The molecule has 2 rings (SSSR count). The molecular formula is C18H22N2O. The predicted octanol–water partition coefficient (Wildman–Crippen LogP) is 4.06. The summed E-state index contributed by atoms with van der Waals surface area (Å²) in [6.07, 6.45) is 0.821. The Bertz CT molecular complexity index is 608. The minimum atomic E-state index is -0.162. The molecule has 0 aliphatic carbocycles. The number of carbonyl (C=O) groups excluding carboxylic acids is 1. The van der Waals surface area contributed by atoms with E-state index in [1.807, 2.05) is 51.1 Å². The van der Waals surface area contributed by atoms with Gasteiger partial charge in [-0.2, -0.15) is 0 Å². The number of nitrogens with one attached hydrogen (secondary N) is 2. The van der Waals surface area contributed by atoms with Gasteiger partial charge in [0.05, 0.1) is 0 Å². The fourth-order valence-corrected chi connectivity index (χ4v) is 2.35. The minimum absolute atomic E-state index is 0.0816. The van der Waals surface area contributed by atoms with Gasteiger partial charge in [-0.25, -0.2) is 4.79 Å². The van der Waals surface area contributed by atoms with Crippen molar-refractivity contribution >= 4 is 11.7 Å². The van der Waals surface area contributed by atoms with Gasteiger partial charge in [0, 0.05) is 11.7 Å². The summed E-state index contributed by atoms with van der Waals surface area (Å²) in [5, 5.41) is 5.87. The molecule has 0 aromatic heterocycles. The van der Waals surface area contributed by atoms with E-state index in [4.69, 9.17) is 0 Å². The number of hydrogen-bond donors (Lipinski definition) is 2. The number of hydrogen-bond acceptors (Lipinski definition) is 1. The second-order valence-electron chi connectivity index (χ2n) is 5.51. The van der Waals surface area contributed by atoms with Crippen LogP contribution in [0.5, 0.6) is 0 Å². The average Bonchev–Trinajstić information content (AvgIpc) is 2.43. The van der Waals surface area contributed by atoms with Crippen molar-refractivity contribution in [3.8, 4) is 0 Å². The van der Waals surface area contributed by atoms with Crippen LogP contribution in [0.15, 0.2) is 48.5 Å². The summed E-state index contributed by atoms with van der Waals surface area (Å²) in [5.41, 5.74) is 4.33. The normalized spacial score (nSPS) is 11.8. The van der Waals surface area contributed by atoms with Crippen LogP contribution in [-0.4, -0.2) is 12.1 Å². The van der Waals surface area contributed by atoms with Gasteiger partial charge >= 0.3 is 6.03 Å². The van der Waals surface area contributed by atoms with Gasteiger partial charge in [-0.05, 0) is 44.4 Å². The standard InChI is InChI=1S/C18H22N2O/c1-13-9-10-17(14(2)11-13)20-18(21)19-15(3)12-16-7-5-4-6-8-16/h4-11,15H,12H2,1-3H3,(H2,19,20,21). The van der Waals surface area contributed by atoms with Crippen molar-refractivity contribution < 1.29 is 4.79 Å². The van der Waals surface area contributed by atoms with E-state index in [9.17, 15) is 4.79 Å². The monoisotopic (exact) mass is 282 g/mol. The third-order valence-corrected chi connectivity index (χ3v) is 3.39. The van der Waals surface area contributed by atoms with E-state index in [0.717, 1.165) is 17.7 Å². The van der Waals surface area contributed by atoms with Crippen LogP contribution in [0.25, 0.3) is 0 Å². The molecule has 2 aromatic carbocycles. The van der Waals surface area contributed by atoms with E-state index in [0.29, 0.717) is 0 Å². The van der Waals surface area contributed by atoms with Crippen molar-refractivity contribution in [2.75, 3.05) is 5.32 Å². The molecule has 2 N–H and O–H groups in total. The maximum atomic E-state index is 12.0. The summed E-state index contributed by atoms with van der Waals surface area (Å²) in [7, 11) is 0. The fraction of sp³-hybridized carbons (Fsp3) is 0.278. The molecular weight excluding hydrogens is 260 g/mol. The van der Waals surface area contributed by atoms with Crippen molar-refractivity contribution in [3.63, 3.8) is 0 Å². The van der Waals surface area contributed by atoms with Gasteiger partial charge in [0.25, 0.3) is 0 Å². The van der Waals surface area contributed by atoms with E-state index in [2.05, 4.69) is 28.8 Å². The zero-order valence-corrected chi connectivity index (χ0v) is 12.8. The van der Waals surface area contributed by atoms with Crippen LogP contribution >= 0.6 is 0 Å². The number of anilines is 1. The van der Waals surface area contributed by atoms with E-state index in [-0.39, 0.29) is 12.1 Å². The van der Waals surface area contributed by atoms with Crippen molar-refractivity contribution in [3.05, 3.63) is 65.2 Å². The van der Waals surface area contributed by atoms with E-state index in [1.165, 1.54) is 11.1 Å². The molecule has 0 heterocycles. The second kappa shape index (κ2) is 6.93. The molecule has 21 heavy (non-hydrogen) atoms. The van der Waals surface area contributed by atoms with Crippen LogP contribution in [0, 0.1) is 13.8 Å². The molecule has 1 unspecified atom stereocenters. The quantitative estimate of drug-likeness (QED) is 0.872. The van der Waals surface area contributed by atoms with Gasteiger partial charge in [-0.15, -0.1) is 0 Å². The Morgan fingerprint density at radius 2 is 1.81 bits per heavy atom. The lowest BCUT2D eigenvalue weighted by Gasteiger charge is -2.16. The van der Waals surface area contributed by atoms with E-state index in [1.54, 1.807) is 0 Å². The summed E-state index contributed by atoms with van der Waals surface area (Å²) < 4.78 is 0. The summed E-state index contributed by atoms with van der Waals surface area (Å²) >= 11 is 0. The lowest BCUT2D eigenvalue weighted by Crippen LogP contribution is -2.37. The van der Waals surface area contributed by atoms with Crippen LogP contribution in [0.1, 0.15) is 23.6 Å². The minimum Gasteiger partial charge on any atom is -0.335 e. The molecule has 0 aliphatic heterocycles. The Hall–Kier alpha value is -2.29. The van der Waals surface area contributed by atoms with Gasteiger partial charge in [0.1, 0.15) is 0 Å². The van der Waals surface area contributed by atoms with Crippen LogP contribution in [0.2, 0.25) is 0 Å². The number of urea groups is 1. The summed E-state index contributed by atoms with van der Waals surface area (Å²) in [4.78, 5) is 12.0. The van der Waals surface area contributed by atoms with Crippen LogP contribution < -0.4 is 10.6 Å². The topological polar surface area (TPSA) is 41.1 Å².